The number of H-pyrrole nitrogens is 1. The lowest BCUT2D eigenvalue weighted by atomic mass is 10.1. The third-order valence-corrected chi connectivity index (χ3v) is 5.03. The zero-order valence-electron chi connectivity index (χ0n) is 17.4. The van der Waals surface area contributed by atoms with Gasteiger partial charge in [0, 0.05) is 19.2 Å². The van der Waals surface area contributed by atoms with E-state index in [2.05, 4.69) is 15.3 Å². The van der Waals surface area contributed by atoms with E-state index in [9.17, 15) is 23.6 Å². The molecule has 0 spiro atoms. The van der Waals surface area contributed by atoms with Crippen molar-refractivity contribution in [3.63, 3.8) is 0 Å². The monoisotopic (exact) mass is 459 g/mol. The van der Waals surface area contributed by atoms with E-state index in [4.69, 9.17) is 15.9 Å². The zero-order valence-corrected chi connectivity index (χ0v) is 17.4. The van der Waals surface area contributed by atoms with Crippen molar-refractivity contribution in [2.75, 3.05) is 5.73 Å². The molecule has 174 valence electrons. The highest BCUT2D eigenvalue weighted by atomic mass is 19.1. The summed E-state index contributed by atoms with van der Waals surface area (Å²) in [6.07, 6.45) is 1.95. The van der Waals surface area contributed by atoms with Crippen molar-refractivity contribution in [3.8, 4) is 0 Å². The average Bonchev–Trinajstić information content (AvgIpc) is 3.13. The van der Waals surface area contributed by atoms with Gasteiger partial charge in [0.15, 0.2) is 0 Å². The number of nitrogens with one attached hydrogen (secondary N) is 2. The number of carboxylic acid groups (broad SMARTS) is 2. The van der Waals surface area contributed by atoms with Gasteiger partial charge in [0.1, 0.15) is 17.4 Å². The molecule has 1 aromatic carbocycles. The minimum Gasteiger partial charge on any atom is -0.481 e. The molecule has 12 heteroatoms. The van der Waals surface area contributed by atoms with Gasteiger partial charge in [-0.3, -0.25) is 19.4 Å². The van der Waals surface area contributed by atoms with Crippen molar-refractivity contribution in [1.82, 2.24) is 19.9 Å². The molecule has 6 N–H and O–H groups in total. The fourth-order valence-corrected chi connectivity index (χ4v) is 3.43. The van der Waals surface area contributed by atoms with E-state index in [-0.39, 0.29) is 23.5 Å². The van der Waals surface area contributed by atoms with Gasteiger partial charge in [-0.05, 0) is 43.0 Å². The van der Waals surface area contributed by atoms with Crippen LogP contribution in [0, 0.1) is 5.82 Å². The number of aromatic nitrogens is 3. The predicted octanol–water partition coefficient (Wildman–Crippen LogP) is 1.13. The summed E-state index contributed by atoms with van der Waals surface area (Å²) in [5.74, 6) is -4.35. The number of aromatic amines is 1. The number of nitrogens with two attached hydrogens (primary N) is 1. The maximum absolute atomic E-state index is 14.5. The lowest BCUT2D eigenvalue weighted by molar-refractivity contribution is -0.140. The summed E-state index contributed by atoms with van der Waals surface area (Å²) in [4.78, 5) is 52.7. The Balaban J connectivity index is 1.62. The number of carboxylic acids is 2. The number of nitrogens with zero attached hydrogens (tertiary/aromatic N) is 2. The van der Waals surface area contributed by atoms with E-state index >= 15 is 0 Å². The highest BCUT2D eigenvalue weighted by Gasteiger charge is 2.23. The maximum Gasteiger partial charge on any atom is 0.326 e. The average molecular weight is 459 g/mol. The molecular formula is C21H22FN5O6. The number of halogens is 1. The van der Waals surface area contributed by atoms with Gasteiger partial charge in [0.2, 0.25) is 5.95 Å². The molecule has 1 atom stereocenters. The van der Waals surface area contributed by atoms with Crippen LogP contribution in [0.1, 0.15) is 35.2 Å². The molecule has 2 heterocycles. The van der Waals surface area contributed by atoms with Crippen LogP contribution in [0.3, 0.4) is 0 Å². The smallest absolute Gasteiger partial charge is 0.326 e. The first-order chi connectivity index (χ1) is 15.7. The molecular weight excluding hydrogens is 437 g/mol. The van der Waals surface area contributed by atoms with E-state index in [1.54, 1.807) is 22.9 Å². The Labute approximate surface area is 186 Å². The van der Waals surface area contributed by atoms with E-state index in [1.807, 2.05) is 0 Å². The highest BCUT2D eigenvalue weighted by Crippen LogP contribution is 2.15. The van der Waals surface area contributed by atoms with Crippen LogP contribution < -0.4 is 16.6 Å². The Morgan fingerprint density at radius 1 is 1.24 bits per heavy atom. The van der Waals surface area contributed by atoms with Gasteiger partial charge in [0.05, 0.1) is 11.1 Å². The summed E-state index contributed by atoms with van der Waals surface area (Å²) in [6.45, 7) is 0.464. The number of anilines is 1. The van der Waals surface area contributed by atoms with Crippen LogP contribution >= 0.6 is 0 Å². The first-order valence-corrected chi connectivity index (χ1v) is 10.0. The topological polar surface area (TPSA) is 180 Å². The van der Waals surface area contributed by atoms with Crippen LogP contribution in [0.2, 0.25) is 0 Å². The summed E-state index contributed by atoms with van der Waals surface area (Å²) in [5, 5.41) is 20.0. The number of carbonyl (C=O) groups is 3. The van der Waals surface area contributed by atoms with E-state index in [0.29, 0.717) is 36.0 Å². The number of benzene rings is 1. The van der Waals surface area contributed by atoms with Crippen molar-refractivity contribution >= 4 is 34.8 Å². The van der Waals surface area contributed by atoms with E-state index in [0.717, 1.165) is 0 Å². The molecule has 0 bridgehead atoms. The normalized spacial score (nSPS) is 11.9. The summed E-state index contributed by atoms with van der Waals surface area (Å²) < 4.78 is 16.2. The molecule has 0 saturated heterocycles. The molecule has 0 saturated carbocycles. The van der Waals surface area contributed by atoms with E-state index in [1.165, 1.54) is 12.1 Å². The van der Waals surface area contributed by atoms with Gasteiger partial charge in [0.25, 0.3) is 11.5 Å². The van der Waals surface area contributed by atoms with Crippen LogP contribution in [-0.4, -0.2) is 48.6 Å². The second kappa shape index (κ2) is 9.94. The van der Waals surface area contributed by atoms with E-state index < -0.39 is 36.1 Å². The second-order valence-electron chi connectivity index (χ2n) is 7.41. The Morgan fingerprint density at radius 2 is 2.00 bits per heavy atom. The third-order valence-electron chi connectivity index (χ3n) is 5.03. The molecule has 0 unspecified atom stereocenters. The van der Waals surface area contributed by atoms with Crippen molar-refractivity contribution < 1.29 is 29.0 Å². The van der Waals surface area contributed by atoms with Crippen LogP contribution in [0.15, 0.2) is 35.3 Å². The van der Waals surface area contributed by atoms with Crippen molar-refractivity contribution in [3.05, 3.63) is 57.8 Å². The predicted molar refractivity (Wildman–Crippen MR) is 115 cm³/mol. The van der Waals surface area contributed by atoms with Gasteiger partial charge in [-0.2, -0.15) is 0 Å². The van der Waals surface area contributed by atoms with Gasteiger partial charge in [-0.1, -0.05) is 6.07 Å². The molecule has 1 amide bonds. The van der Waals surface area contributed by atoms with Crippen molar-refractivity contribution in [1.29, 1.82) is 0 Å². The standard InChI is InChI=1S/C21H22FN5O6/c22-13-10-11(2-1-8-27-9-7-14-17(27)19(31)26-21(23)25-14)3-4-12(13)18(30)24-15(20(32)33)5-6-16(28)29/h3-4,7,9-10,15H,1-2,5-6,8H2,(H,24,30)(H,28,29)(H,32,33)(H3,23,25,26,31)/t15-/m0/s1. The summed E-state index contributed by atoms with van der Waals surface area (Å²) in [5.41, 5.74) is 6.31. The zero-order chi connectivity index (χ0) is 24.1. The fraction of sp³-hybridized carbons (Fsp3) is 0.286. The van der Waals surface area contributed by atoms with Gasteiger partial charge in [-0.15, -0.1) is 0 Å². The number of aliphatic carboxylic acids is 2. The molecule has 0 fully saturated rings. The number of hydrogen-bond acceptors (Lipinski definition) is 6. The first-order valence-electron chi connectivity index (χ1n) is 10.0. The molecule has 2 aromatic heterocycles. The Kier molecular flexibility index (Phi) is 7.06. The van der Waals surface area contributed by atoms with Crippen molar-refractivity contribution in [2.24, 2.45) is 0 Å². The number of carbonyl (C=O) groups excluding carboxylic acids is 1. The van der Waals surface area contributed by atoms with Crippen LogP contribution in [0.5, 0.6) is 0 Å². The lowest BCUT2D eigenvalue weighted by Crippen LogP contribution is -2.41. The van der Waals surface area contributed by atoms with Gasteiger partial charge in [-0.25, -0.2) is 14.2 Å². The largest absolute Gasteiger partial charge is 0.481 e. The number of fused-ring (bicyclic) bond motifs is 1. The minimum absolute atomic E-state index is 0.0291. The lowest BCUT2D eigenvalue weighted by Gasteiger charge is -2.14. The van der Waals surface area contributed by atoms with Gasteiger partial charge < -0.3 is 25.8 Å². The number of rotatable bonds is 10. The Morgan fingerprint density at radius 3 is 2.67 bits per heavy atom. The molecule has 0 aliphatic heterocycles. The minimum atomic E-state index is -1.45. The molecule has 0 radical (unpaired) electrons. The Bertz CT molecular complexity index is 1270. The molecule has 0 aliphatic carbocycles. The molecule has 0 aliphatic rings. The Hall–Kier alpha value is -4.22. The van der Waals surface area contributed by atoms with Crippen molar-refractivity contribution in [2.45, 2.75) is 38.3 Å². The second-order valence-corrected chi connectivity index (χ2v) is 7.41. The maximum atomic E-state index is 14.5. The van der Waals surface area contributed by atoms with Gasteiger partial charge >= 0.3 is 11.9 Å². The third kappa shape index (κ3) is 5.73. The summed E-state index contributed by atoms with van der Waals surface area (Å²) in [6, 6.07) is 4.21. The summed E-state index contributed by atoms with van der Waals surface area (Å²) in [7, 11) is 0. The fourth-order valence-electron chi connectivity index (χ4n) is 3.43. The van der Waals surface area contributed by atoms with Crippen LogP contribution in [-0.2, 0) is 22.6 Å². The molecule has 3 aromatic rings. The van der Waals surface area contributed by atoms with Crippen LogP contribution in [0.4, 0.5) is 10.3 Å². The highest BCUT2D eigenvalue weighted by molar-refractivity contribution is 5.97. The number of amides is 1. The number of aryl methyl sites for hydroxylation is 2. The SMILES string of the molecule is Nc1nc2ccn(CCCc3ccc(C(=O)N[C@@H](CCC(=O)O)C(=O)O)c(F)c3)c2c(=O)[nH]1. The number of nitrogen functional groups attached to an aromatic ring is 1. The summed E-state index contributed by atoms with van der Waals surface area (Å²) >= 11 is 0. The van der Waals surface area contributed by atoms with Crippen LogP contribution in [0.25, 0.3) is 11.0 Å². The first kappa shape index (κ1) is 23.4. The quantitative estimate of drug-likeness (QED) is 0.299. The number of hydrogen-bond donors (Lipinski definition) is 5. The molecule has 33 heavy (non-hydrogen) atoms. The molecule has 3 rings (SSSR count). The molecule has 11 nitrogen and oxygen atoms in total.